The summed E-state index contributed by atoms with van der Waals surface area (Å²) in [5.74, 6) is 0. The first-order chi connectivity index (χ1) is 11.1. The number of phosphoric ester groups is 1. The van der Waals surface area contributed by atoms with Gasteiger partial charge in [-0.15, -0.1) is 9.05 Å². The van der Waals surface area contributed by atoms with Crippen LogP contribution in [0.3, 0.4) is 0 Å². The SMILES string of the molecule is N=NN=NN=NCCCO[P+](=O)OCC12COP(=O)(OC1)OC2. The fourth-order valence-electron chi connectivity index (χ4n) is 1.62. The Hall–Kier alpha value is -1.07. The standard InChI is InChI=1S/C8H15N6O7P2/c9-11-13-14-12-10-2-1-3-17-22(15)18-4-8-5-19-23(16,20-6-8)21-7-8/h9H,1-7H2/q+1. The van der Waals surface area contributed by atoms with E-state index in [4.69, 9.17) is 28.1 Å². The Morgan fingerprint density at radius 1 is 1.13 bits per heavy atom. The van der Waals surface area contributed by atoms with Crippen molar-refractivity contribution >= 4 is 16.1 Å². The zero-order valence-electron chi connectivity index (χ0n) is 11.9. The van der Waals surface area contributed by atoms with Crippen molar-refractivity contribution in [1.29, 1.82) is 5.53 Å². The summed E-state index contributed by atoms with van der Waals surface area (Å²) in [6, 6.07) is 0. The van der Waals surface area contributed by atoms with Gasteiger partial charge >= 0.3 is 16.1 Å². The third-order valence-electron chi connectivity index (χ3n) is 2.85. The van der Waals surface area contributed by atoms with Crippen LogP contribution in [0.1, 0.15) is 6.42 Å². The highest BCUT2D eigenvalue weighted by atomic mass is 31.2. The molecule has 3 heterocycles. The highest BCUT2D eigenvalue weighted by Crippen LogP contribution is 2.60. The van der Waals surface area contributed by atoms with Gasteiger partial charge in [0.1, 0.15) is 13.2 Å². The van der Waals surface area contributed by atoms with Crippen LogP contribution in [0, 0.1) is 10.9 Å². The maximum absolute atomic E-state index is 11.6. The van der Waals surface area contributed by atoms with Gasteiger partial charge in [0.2, 0.25) is 0 Å². The normalized spacial score (nSPS) is 31.0. The first-order valence-corrected chi connectivity index (χ1v) is 9.03. The Balaban J connectivity index is 1.57. The second-order valence-electron chi connectivity index (χ2n) is 4.68. The molecule has 0 radical (unpaired) electrons. The van der Waals surface area contributed by atoms with Crippen molar-refractivity contribution < 1.29 is 31.7 Å². The molecule has 0 aliphatic carbocycles. The van der Waals surface area contributed by atoms with Crippen LogP contribution >= 0.6 is 16.1 Å². The zero-order chi connectivity index (χ0) is 16.6. The lowest BCUT2D eigenvalue weighted by molar-refractivity contribution is -0.110. The molecule has 13 nitrogen and oxygen atoms in total. The molecule has 3 aliphatic rings. The number of rotatable bonds is 10. The molecular formula is C8H15N6O7P2+. The summed E-state index contributed by atoms with van der Waals surface area (Å²) in [7, 11) is -5.67. The highest BCUT2D eigenvalue weighted by Gasteiger charge is 2.52. The minimum Gasteiger partial charge on any atom is -0.286 e. The molecule has 0 spiro atoms. The molecule has 0 aromatic carbocycles. The third kappa shape index (κ3) is 5.81. The molecule has 1 unspecified atom stereocenters. The van der Waals surface area contributed by atoms with Crippen LogP contribution in [0.5, 0.6) is 0 Å². The lowest BCUT2D eigenvalue weighted by Crippen LogP contribution is -2.47. The fraction of sp³-hybridized carbons (Fsp3) is 1.00. The van der Waals surface area contributed by atoms with Gasteiger partial charge in [0.05, 0.1) is 31.8 Å². The number of hydrogen-bond donors (Lipinski definition) is 1. The summed E-state index contributed by atoms with van der Waals surface area (Å²) in [5, 5.41) is 15.4. The topological polar surface area (TPSA) is 166 Å². The Bertz CT molecular complexity index is 512. The molecule has 3 rings (SSSR count). The molecule has 23 heavy (non-hydrogen) atoms. The predicted molar refractivity (Wildman–Crippen MR) is 71.7 cm³/mol. The maximum Gasteiger partial charge on any atom is 0.697 e. The van der Waals surface area contributed by atoms with E-state index in [1.807, 2.05) is 0 Å². The van der Waals surface area contributed by atoms with E-state index in [-0.39, 0.29) is 39.6 Å². The average molecular weight is 369 g/mol. The van der Waals surface area contributed by atoms with Gasteiger partial charge in [0, 0.05) is 4.57 Å². The largest absolute Gasteiger partial charge is 0.697 e. The van der Waals surface area contributed by atoms with Crippen molar-refractivity contribution in [3.8, 4) is 0 Å². The van der Waals surface area contributed by atoms with E-state index in [0.29, 0.717) is 6.42 Å². The Kier molecular flexibility index (Phi) is 6.90. The fourth-order valence-corrected chi connectivity index (χ4v) is 3.87. The molecule has 0 amide bonds. The Morgan fingerprint density at radius 2 is 1.83 bits per heavy atom. The maximum atomic E-state index is 11.6. The molecule has 3 saturated heterocycles. The highest BCUT2D eigenvalue weighted by molar-refractivity contribution is 7.48. The average Bonchev–Trinajstić information content (AvgIpc) is 2.57. The summed E-state index contributed by atoms with van der Waals surface area (Å²) >= 11 is 0. The molecule has 0 aromatic rings. The van der Waals surface area contributed by atoms with Gasteiger partial charge in [-0.25, -0.2) is 4.57 Å². The summed E-state index contributed by atoms with van der Waals surface area (Å²) in [4.78, 5) is 0. The second kappa shape index (κ2) is 8.69. The molecule has 0 saturated carbocycles. The van der Waals surface area contributed by atoms with Crippen LogP contribution in [-0.2, 0) is 31.7 Å². The van der Waals surface area contributed by atoms with E-state index in [0.717, 1.165) is 0 Å². The molecule has 128 valence electrons. The summed E-state index contributed by atoms with van der Waals surface area (Å²) in [5.41, 5.74) is 5.69. The molecule has 1 atom stereocenters. The number of hydrogen-bond acceptors (Lipinski definition) is 9. The van der Waals surface area contributed by atoms with Crippen LogP contribution in [0.15, 0.2) is 26.0 Å². The Labute approximate surface area is 131 Å². The molecule has 0 aromatic heterocycles. The van der Waals surface area contributed by atoms with Gasteiger partial charge in [0.25, 0.3) is 0 Å². The first-order valence-electron chi connectivity index (χ1n) is 6.48. The van der Waals surface area contributed by atoms with Crippen molar-refractivity contribution in [2.75, 3.05) is 39.6 Å². The predicted octanol–water partition coefficient (Wildman–Crippen LogP) is 3.00. The smallest absolute Gasteiger partial charge is 0.286 e. The van der Waals surface area contributed by atoms with Crippen molar-refractivity contribution in [3.63, 3.8) is 0 Å². The van der Waals surface area contributed by atoms with E-state index >= 15 is 0 Å². The molecule has 3 aliphatic heterocycles. The lowest BCUT2D eigenvalue weighted by atomic mass is 9.93. The molecular weight excluding hydrogens is 354 g/mol. The van der Waals surface area contributed by atoms with E-state index in [1.54, 1.807) is 0 Å². The number of nitrogens with one attached hydrogen (secondary N) is 1. The number of nitrogens with zero attached hydrogens (tertiary/aromatic N) is 5. The number of fused-ring (bicyclic) bond motifs is 3. The van der Waals surface area contributed by atoms with Gasteiger partial charge in [-0.05, 0) is 27.3 Å². The monoisotopic (exact) mass is 369 g/mol. The van der Waals surface area contributed by atoms with Crippen LogP contribution in [0.2, 0.25) is 0 Å². The van der Waals surface area contributed by atoms with Crippen LogP contribution in [-0.4, -0.2) is 39.6 Å². The first kappa shape index (κ1) is 18.3. The van der Waals surface area contributed by atoms with Gasteiger partial charge in [-0.2, -0.15) is 10.6 Å². The van der Waals surface area contributed by atoms with E-state index in [1.165, 1.54) is 0 Å². The van der Waals surface area contributed by atoms with Crippen LogP contribution < -0.4 is 0 Å². The van der Waals surface area contributed by atoms with Gasteiger partial charge in [-0.1, -0.05) is 0 Å². The van der Waals surface area contributed by atoms with Crippen LogP contribution in [0.25, 0.3) is 0 Å². The lowest BCUT2D eigenvalue weighted by Gasteiger charge is -2.42. The van der Waals surface area contributed by atoms with Crippen molar-refractivity contribution in [2.45, 2.75) is 6.42 Å². The molecule has 2 bridgehead atoms. The molecule has 15 heteroatoms. The van der Waals surface area contributed by atoms with Gasteiger partial charge in [-0.3, -0.25) is 13.6 Å². The molecule has 1 N–H and O–H groups in total. The van der Waals surface area contributed by atoms with Crippen LogP contribution in [0.4, 0.5) is 0 Å². The zero-order valence-corrected chi connectivity index (χ0v) is 13.7. The van der Waals surface area contributed by atoms with Gasteiger partial charge in [0.15, 0.2) is 0 Å². The minimum absolute atomic E-state index is 0.0406. The Morgan fingerprint density at radius 3 is 2.48 bits per heavy atom. The van der Waals surface area contributed by atoms with E-state index in [2.05, 4.69) is 26.0 Å². The van der Waals surface area contributed by atoms with Crippen molar-refractivity contribution in [1.82, 2.24) is 0 Å². The van der Waals surface area contributed by atoms with E-state index < -0.39 is 21.5 Å². The molecule has 3 fully saturated rings. The summed E-state index contributed by atoms with van der Waals surface area (Å²) in [6.45, 7) is 0.959. The second-order valence-corrected chi connectivity index (χ2v) is 7.32. The van der Waals surface area contributed by atoms with E-state index in [9.17, 15) is 9.13 Å². The van der Waals surface area contributed by atoms with Crippen molar-refractivity contribution in [2.24, 2.45) is 31.4 Å². The minimum atomic E-state index is -3.36. The summed E-state index contributed by atoms with van der Waals surface area (Å²) < 4.78 is 48.3. The van der Waals surface area contributed by atoms with Gasteiger partial charge < -0.3 is 0 Å². The summed E-state index contributed by atoms with van der Waals surface area (Å²) in [6.07, 6.45) is 0.450. The quantitative estimate of drug-likeness (QED) is 0.267. The number of phosphoric acid groups is 1. The third-order valence-corrected chi connectivity index (χ3v) is 4.92. The van der Waals surface area contributed by atoms with Crippen molar-refractivity contribution in [3.05, 3.63) is 0 Å².